The zero-order valence-electron chi connectivity index (χ0n) is 11.5. The number of hydrogen-bond acceptors (Lipinski definition) is 2. The van der Waals surface area contributed by atoms with Crippen molar-refractivity contribution in [1.29, 1.82) is 0 Å². The number of hydrogen-bond donors (Lipinski definition) is 2. The van der Waals surface area contributed by atoms with Gasteiger partial charge in [0.15, 0.2) is 0 Å². The van der Waals surface area contributed by atoms with E-state index in [0.717, 1.165) is 31.6 Å². The molecule has 0 saturated heterocycles. The molecule has 0 aliphatic heterocycles. The Morgan fingerprint density at radius 3 is 2.18 bits per heavy atom. The lowest BCUT2D eigenvalue weighted by Gasteiger charge is -2.53. The van der Waals surface area contributed by atoms with E-state index in [2.05, 4.69) is 13.8 Å². The number of rotatable bonds is 2. The van der Waals surface area contributed by atoms with Gasteiger partial charge in [0.05, 0.1) is 5.60 Å². The summed E-state index contributed by atoms with van der Waals surface area (Å²) in [6.07, 6.45) is 9.22. The van der Waals surface area contributed by atoms with Crippen LogP contribution in [0.3, 0.4) is 0 Å². The van der Waals surface area contributed by atoms with Crippen LogP contribution >= 0.6 is 0 Å². The van der Waals surface area contributed by atoms with Gasteiger partial charge in [0, 0.05) is 12.0 Å². The first-order chi connectivity index (χ1) is 8.01. The number of nitrogens with two attached hydrogens (primary N) is 1. The Hall–Kier alpha value is -0.0800. The molecular weight excluding hydrogens is 210 g/mol. The average Bonchev–Trinajstić information content (AvgIpc) is 2.28. The average molecular weight is 239 g/mol. The van der Waals surface area contributed by atoms with Crippen LogP contribution in [0.5, 0.6) is 0 Å². The minimum atomic E-state index is -0.478. The molecule has 2 heteroatoms. The minimum absolute atomic E-state index is 0.0132. The summed E-state index contributed by atoms with van der Waals surface area (Å²) in [5.74, 6) is 1.39. The predicted octanol–water partition coefficient (Wildman–Crippen LogP) is 3.08. The van der Waals surface area contributed by atoms with Gasteiger partial charge in [-0.2, -0.15) is 0 Å². The molecule has 4 unspecified atom stereocenters. The largest absolute Gasteiger partial charge is 0.389 e. The monoisotopic (exact) mass is 239 g/mol. The van der Waals surface area contributed by atoms with Gasteiger partial charge in [0.1, 0.15) is 0 Å². The van der Waals surface area contributed by atoms with E-state index in [-0.39, 0.29) is 5.41 Å². The van der Waals surface area contributed by atoms with Crippen molar-refractivity contribution < 1.29 is 5.11 Å². The second kappa shape index (κ2) is 4.89. The van der Waals surface area contributed by atoms with Gasteiger partial charge in [-0.1, -0.05) is 39.5 Å². The minimum Gasteiger partial charge on any atom is -0.389 e. The molecule has 0 spiro atoms. The van der Waals surface area contributed by atoms with Gasteiger partial charge in [0.2, 0.25) is 0 Å². The first kappa shape index (κ1) is 13.4. The fourth-order valence-electron chi connectivity index (χ4n) is 4.46. The van der Waals surface area contributed by atoms with E-state index in [0.29, 0.717) is 12.5 Å². The summed E-state index contributed by atoms with van der Waals surface area (Å²) >= 11 is 0. The lowest BCUT2D eigenvalue weighted by Crippen LogP contribution is -2.56. The first-order valence-corrected chi connectivity index (χ1v) is 7.44. The molecule has 2 aliphatic carbocycles. The Balaban J connectivity index is 2.20. The van der Waals surface area contributed by atoms with Crippen LogP contribution in [0.25, 0.3) is 0 Å². The zero-order chi connectivity index (χ0) is 12.5. The summed E-state index contributed by atoms with van der Waals surface area (Å²) in [5, 5.41) is 11.2. The maximum atomic E-state index is 11.2. The summed E-state index contributed by atoms with van der Waals surface area (Å²) in [6, 6.07) is 0. The van der Waals surface area contributed by atoms with Crippen LogP contribution in [0, 0.1) is 17.3 Å². The summed E-state index contributed by atoms with van der Waals surface area (Å²) < 4.78 is 0. The van der Waals surface area contributed by atoms with E-state index >= 15 is 0 Å². The highest BCUT2D eigenvalue weighted by molar-refractivity contribution is 5.04. The Kier molecular flexibility index (Phi) is 3.84. The molecule has 4 atom stereocenters. The van der Waals surface area contributed by atoms with E-state index < -0.39 is 5.60 Å². The third kappa shape index (κ3) is 2.39. The van der Waals surface area contributed by atoms with E-state index in [1.54, 1.807) is 0 Å². The molecule has 2 saturated carbocycles. The topological polar surface area (TPSA) is 46.2 Å². The molecule has 0 radical (unpaired) electrons. The lowest BCUT2D eigenvalue weighted by molar-refractivity contribution is -0.137. The molecule has 2 nitrogen and oxygen atoms in total. The van der Waals surface area contributed by atoms with Crippen molar-refractivity contribution in [3.63, 3.8) is 0 Å². The van der Waals surface area contributed by atoms with Crippen LogP contribution in [0.15, 0.2) is 0 Å². The second-order valence-corrected chi connectivity index (χ2v) is 6.92. The SMILES string of the molecule is CC1CCCC(O)(C2(CN)CCCC(C)C2)C1. The molecule has 0 amide bonds. The molecule has 2 aliphatic rings. The predicted molar refractivity (Wildman–Crippen MR) is 71.7 cm³/mol. The van der Waals surface area contributed by atoms with Crippen molar-refractivity contribution in [3.8, 4) is 0 Å². The Morgan fingerprint density at radius 1 is 1.06 bits per heavy atom. The summed E-state index contributed by atoms with van der Waals surface area (Å²) in [7, 11) is 0. The molecule has 0 heterocycles. The maximum absolute atomic E-state index is 11.2. The van der Waals surface area contributed by atoms with Gasteiger partial charge in [-0.3, -0.25) is 0 Å². The Morgan fingerprint density at radius 2 is 1.65 bits per heavy atom. The molecule has 3 N–H and O–H groups in total. The molecule has 0 bridgehead atoms. The van der Waals surface area contributed by atoms with E-state index in [9.17, 15) is 5.11 Å². The Bertz CT molecular complexity index is 268. The highest BCUT2D eigenvalue weighted by Crippen LogP contribution is 2.52. The third-order valence-electron chi connectivity index (χ3n) is 5.44. The molecule has 2 fully saturated rings. The first-order valence-electron chi connectivity index (χ1n) is 7.44. The molecular formula is C15H29NO. The van der Waals surface area contributed by atoms with Gasteiger partial charge in [-0.05, 0) is 37.5 Å². The second-order valence-electron chi connectivity index (χ2n) is 6.92. The van der Waals surface area contributed by atoms with Crippen LogP contribution < -0.4 is 5.73 Å². The molecule has 100 valence electrons. The number of aliphatic hydroxyl groups is 1. The Labute approximate surface area is 106 Å². The maximum Gasteiger partial charge on any atom is 0.0718 e. The van der Waals surface area contributed by atoms with Crippen molar-refractivity contribution in [2.24, 2.45) is 23.0 Å². The van der Waals surface area contributed by atoms with Crippen LogP contribution in [-0.2, 0) is 0 Å². The van der Waals surface area contributed by atoms with Gasteiger partial charge >= 0.3 is 0 Å². The van der Waals surface area contributed by atoms with Crippen LogP contribution in [-0.4, -0.2) is 17.3 Å². The molecule has 0 aromatic heterocycles. The van der Waals surface area contributed by atoms with Crippen molar-refractivity contribution >= 4 is 0 Å². The van der Waals surface area contributed by atoms with Gasteiger partial charge in [-0.15, -0.1) is 0 Å². The third-order valence-corrected chi connectivity index (χ3v) is 5.44. The van der Waals surface area contributed by atoms with E-state index in [1.807, 2.05) is 0 Å². The highest BCUT2D eigenvalue weighted by Gasteiger charge is 2.51. The fourth-order valence-corrected chi connectivity index (χ4v) is 4.46. The van der Waals surface area contributed by atoms with Crippen molar-refractivity contribution in [3.05, 3.63) is 0 Å². The van der Waals surface area contributed by atoms with Crippen molar-refractivity contribution in [1.82, 2.24) is 0 Å². The van der Waals surface area contributed by atoms with Gasteiger partial charge in [0.25, 0.3) is 0 Å². The summed E-state index contributed by atoms with van der Waals surface area (Å²) in [6.45, 7) is 5.26. The van der Waals surface area contributed by atoms with Crippen molar-refractivity contribution in [2.45, 2.75) is 70.8 Å². The summed E-state index contributed by atoms with van der Waals surface area (Å²) in [4.78, 5) is 0. The van der Waals surface area contributed by atoms with Crippen LogP contribution in [0.2, 0.25) is 0 Å². The molecule has 0 aromatic carbocycles. The van der Waals surface area contributed by atoms with E-state index in [4.69, 9.17) is 5.73 Å². The van der Waals surface area contributed by atoms with Crippen LogP contribution in [0.1, 0.15) is 65.2 Å². The highest BCUT2D eigenvalue weighted by atomic mass is 16.3. The van der Waals surface area contributed by atoms with Gasteiger partial charge < -0.3 is 10.8 Å². The fraction of sp³-hybridized carbons (Fsp3) is 1.00. The molecule has 2 rings (SSSR count). The standard InChI is InChI=1S/C15H29NO/c1-12-5-3-7-14(9-12,11-16)15(17)8-4-6-13(2)10-15/h12-13,17H,3-11,16H2,1-2H3. The van der Waals surface area contributed by atoms with Crippen molar-refractivity contribution in [2.75, 3.05) is 6.54 Å². The summed E-state index contributed by atoms with van der Waals surface area (Å²) in [5.41, 5.74) is 5.64. The molecule has 0 aromatic rings. The quantitative estimate of drug-likeness (QED) is 0.778. The zero-order valence-corrected chi connectivity index (χ0v) is 11.5. The van der Waals surface area contributed by atoms with Crippen LogP contribution in [0.4, 0.5) is 0 Å². The molecule has 17 heavy (non-hydrogen) atoms. The normalized spacial score (nSPS) is 48.0. The lowest BCUT2D eigenvalue weighted by atomic mass is 9.56. The van der Waals surface area contributed by atoms with Gasteiger partial charge in [-0.25, -0.2) is 0 Å². The van der Waals surface area contributed by atoms with E-state index in [1.165, 1.54) is 25.7 Å². The smallest absolute Gasteiger partial charge is 0.0718 e.